The van der Waals surface area contributed by atoms with Crippen molar-refractivity contribution in [3.8, 4) is 0 Å². The molecule has 0 radical (unpaired) electrons. The molecule has 0 fully saturated rings. The summed E-state index contributed by atoms with van der Waals surface area (Å²) in [5.41, 5.74) is 1.56. The summed E-state index contributed by atoms with van der Waals surface area (Å²) in [4.78, 5) is 20.2. The van der Waals surface area contributed by atoms with Crippen molar-refractivity contribution >= 4 is 35.8 Å². The van der Waals surface area contributed by atoms with E-state index in [0.717, 1.165) is 5.69 Å². The number of benzene rings is 1. The van der Waals surface area contributed by atoms with Crippen LogP contribution in [0.1, 0.15) is 11.3 Å². The zero-order valence-corrected chi connectivity index (χ0v) is 16.9. The van der Waals surface area contributed by atoms with Gasteiger partial charge in [-0.25, -0.2) is 4.39 Å². The fourth-order valence-electron chi connectivity index (χ4n) is 2.18. The number of nitrogens with zero attached hydrogens (tertiary/aromatic N) is 2. The molecule has 0 aliphatic heterocycles. The number of halogens is 2. The van der Waals surface area contributed by atoms with Crippen LogP contribution in [0.5, 0.6) is 0 Å². The summed E-state index contributed by atoms with van der Waals surface area (Å²) in [6, 6.07) is 11.8. The Balaban J connectivity index is 0.00000338. The van der Waals surface area contributed by atoms with Crippen LogP contribution >= 0.6 is 24.0 Å². The van der Waals surface area contributed by atoms with Gasteiger partial charge in [0.15, 0.2) is 5.96 Å². The minimum absolute atomic E-state index is 0. The van der Waals surface area contributed by atoms with Gasteiger partial charge in [-0.15, -0.1) is 24.0 Å². The minimum Gasteiger partial charge on any atom is -0.355 e. The van der Waals surface area contributed by atoms with Gasteiger partial charge in [0.2, 0.25) is 5.91 Å². The molecule has 6 nitrogen and oxygen atoms in total. The van der Waals surface area contributed by atoms with Crippen molar-refractivity contribution in [2.24, 2.45) is 4.99 Å². The van der Waals surface area contributed by atoms with Crippen LogP contribution in [0.2, 0.25) is 0 Å². The summed E-state index contributed by atoms with van der Waals surface area (Å²) in [5.74, 6) is 0.142. The Bertz CT molecular complexity index is 712. The first-order valence-electron chi connectivity index (χ1n) is 8.03. The van der Waals surface area contributed by atoms with Gasteiger partial charge in [0.25, 0.3) is 0 Å². The zero-order valence-electron chi connectivity index (χ0n) is 14.5. The lowest BCUT2D eigenvalue weighted by Crippen LogP contribution is -2.41. The number of aliphatic imine (C=N–C) groups is 1. The number of nitrogens with one attached hydrogen (secondary N) is 3. The molecule has 140 valence electrons. The van der Waals surface area contributed by atoms with Gasteiger partial charge in [0.05, 0.1) is 18.7 Å². The smallest absolute Gasteiger partial charge is 0.224 e. The highest BCUT2D eigenvalue weighted by Gasteiger charge is 2.04. The van der Waals surface area contributed by atoms with E-state index < -0.39 is 0 Å². The molecule has 1 aromatic heterocycles. The standard InChI is InChI=1S/C18H22FN5O.HI/c1-20-18(24-13-16-7-2-3-8-21-16)23-10-9-22-17(25)12-14-5-4-6-15(19)11-14;/h2-8,11H,9-10,12-13H2,1H3,(H,22,25)(H2,20,23,24);1H. The van der Waals surface area contributed by atoms with Gasteiger partial charge in [-0.1, -0.05) is 18.2 Å². The van der Waals surface area contributed by atoms with Crippen LogP contribution in [0.4, 0.5) is 4.39 Å². The van der Waals surface area contributed by atoms with Crippen LogP contribution in [-0.4, -0.2) is 37.0 Å². The molecule has 1 aromatic carbocycles. The molecule has 0 saturated carbocycles. The molecule has 0 bridgehead atoms. The third-order valence-corrected chi connectivity index (χ3v) is 3.38. The largest absolute Gasteiger partial charge is 0.355 e. The molecular weight excluding hydrogens is 448 g/mol. The highest BCUT2D eigenvalue weighted by molar-refractivity contribution is 14.0. The molecule has 1 amide bonds. The van der Waals surface area contributed by atoms with E-state index >= 15 is 0 Å². The molecule has 1 heterocycles. The zero-order chi connectivity index (χ0) is 17.9. The van der Waals surface area contributed by atoms with E-state index in [4.69, 9.17) is 0 Å². The fraction of sp³-hybridized carbons (Fsp3) is 0.278. The van der Waals surface area contributed by atoms with E-state index in [2.05, 4.69) is 25.9 Å². The molecule has 26 heavy (non-hydrogen) atoms. The molecule has 3 N–H and O–H groups in total. The Hall–Kier alpha value is -2.23. The van der Waals surface area contributed by atoms with Crippen molar-refractivity contribution in [2.45, 2.75) is 13.0 Å². The van der Waals surface area contributed by atoms with Crippen LogP contribution in [0.15, 0.2) is 53.7 Å². The van der Waals surface area contributed by atoms with Crippen molar-refractivity contribution < 1.29 is 9.18 Å². The van der Waals surface area contributed by atoms with Gasteiger partial charge in [0, 0.05) is 26.3 Å². The lowest BCUT2D eigenvalue weighted by molar-refractivity contribution is -0.120. The SMILES string of the molecule is CN=C(NCCNC(=O)Cc1cccc(F)c1)NCc1ccccn1.I. The maximum atomic E-state index is 13.1. The predicted octanol–water partition coefficient (Wildman–Crippen LogP) is 1.86. The maximum Gasteiger partial charge on any atom is 0.224 e. The monoisotopic (exact) mass is 471 g/mol. The van der Waals surface area contributed by atoms with E-state index in [1.54, 1.807) is 25.4 Å². The molecule has 0 spiro atoms. The third-order valence-electron chi connectivity index (χ3n) is 3.38. The summed E-state index contributed by atoms with van der Waals surface area (Å²) in [6.07, 6.45) is 1.89. The van der Waals surface area contributed by atoms with Gasteiger partial charge >= 0.3 is 0 Å². The second kappa shape index (κ2) is 12.2. The van der Waals surface area contributed by atoms with Crippen molar-refractivity contribution in [1.29, 1.82) is 0 Å². The summed E-state index contributed by atoms with van der Waals surface area (Å²) in [7, 11) is 1.68. The number of pyridine rings is 1. The van der Waals surface area contributed by atoms with Gasteiger partial charge in [-0.05, 0) is 29.8 Å². The lowest BCUT2D eigenvalue weighted by atomic mass is 10.1. The van der Waals surface area contributed by atoms with Crippen LogP contribution < -0.4 is 16.0 Å². The van der Waals surface area contributed by atoms with Crippen molar-refractivity contribution in [1.82, 2.24) is 20.9 Å². The number of aromatic nitrogens is 1. The second-order valence-corrected chi connectivity index (χ2v) is 5.33. The van der Waals surface area contributed by atoms with E-state index in [-0.39, 0.29) is 42.1 Å². The van der Waals surface area contributed by atoms with E-state index in [1.807, 2.05) is 18.2 Å². The predicted molar refractivity (Wildman–Crippen MR) is 111 cm³/mol. The third kappa shape index (κ3) is 8.24. The number of guanidine groups is 1. The fourth-order valence-corrected chi connectivity index (χ4v) is 2.18. The number of carbonyl (C=O) groups is 1. The van der Waals surface area contributed by atoms with Crippen LogP contribution in [0.3, 0.4) is 0 Å². The Morgan fingerprint density at radius 1 is 1.12 bits per heavy atom. The number of hydrogen-bond donors (Lipinski definition) is 3. The number of carbonyl (C=O) groups excluding carboxylic acids is 1. The lowest BCUT2D eigenvalue weighted by Gasteiger charge is -2.12. The second-order valence-electron chi connectivity index (χ2n) is 5.33. The molecule has 2 rings (SSSR count). The van der Waals surface area contributed by atoms with Gasteiger partial charge in [0.1, 0.15) is 5.82 Å². The molecule has 0 unspecified atom stereocenters. The van der Waals surface area contributed by atoms with Gasteiger partial charge in [-0.3, -0.25) is 14.8 Å². The number of hydrogen-bond acceptors (Lipinski definition) is 3. The Kier molecular flexibility index (Phi) is 10.2. The summed E-state index contributed by atoms with van der Waals surface area (Å²) >= 11 is 0. The van der Waals surface area contributed by atoms with Crippen LogP contribution in [0, 0.1) is 5.82 Å². The van der Waals surface area contributed by atoms with Gasteiger partial charge in [-0.2, -0.15) is 0 Å². The molecule has 2 aromatic rings. The van der Waals surface area contributed by atoms with Crippen molar-refractivity contribution in [3.63, 3.8) is 0 Å². The first kappa shape index (κ1) is 21.8. The van der Waals surface area contributed by atoms with Crippen molar-refractivity contribution in [3.05, 3.63) is 65.7 Å². The topological polar surface area (TPSA) is 78.4 Å². The average molecular weight is 471 g/mol. The molecular formula is C18H23FIN5O. The normalized spacial score (nSPS) is 10.6. The van der Waals surface area contributed by atoms with Crippen LogP contribution in [0.25, 0.3) is 0 Å². The van der Waals surface area contributed by atoms with E-state index in [1.165, 1.54) is 12.1 Å². The molecule has 8 heteroatoms. The molecule has 0 atom stereocenters. The van der Waals surface area contributed by atoms with Gasteiger partial charge < -0.3 is 16.0 Å². The minimum atomic E-state index is -0.338. The Morgan fingerprint density at radius 3 is 2.62 bits per heavy atom. The maximum absolute atomic E-state index is 13.1. The van der Waals surface area contributed by atoms with Crippen molar-refractivity contribution in [2.75, 3.05) is 20.1 Å². The average Bonchev–Trinajstić information content (AvgIpc) is 2.62. The van der Waals surface area contributed by atoms with E-state index in [0.29, 0.717) is 31.2 Å². The molecule has 0 saturated heterocycles. The quantitative estimate of drug-likeness (QED) is 0.250. The number of rotatable bonds is 7. The van der Waals surface area contributed by atoms with E-state index in [9.17, 15) is 9.18 Å². The Morgan fingerprint density at radius 2 is 1.92 bits per heavy atom. The first-order valence-corrected chi connectivity index (χ1v) is 8.03. The highest BCUT2D eigenvalue weighted by atomic mass is 127. The highest BCUT2D eigenvalue weighted by Crippen LogP contribution is 2.03. The number of amides is 1. The molecule has 0 aliphatic carbocycles. The Labute approximate surface area is 169 Å². The summed E-state index contributed by atoms with van der Waals surface area (Å²) in [5, 5.41) is 9.03. The molecule has 0 aliphatic rings. The summed E-state index contributed by atoms with van der Waals surface area (Å²) < 4.78 is 13.1. The van der Waals surface area contributed by atoms with Crippen LogP contribution in [-0.2, 0) is 17.8 Å². The first-order chi connectivity index (χ1) is 12.2. The summed E-state index contributed by atoms with van der Waals surface area (Å²) in [6.45, 7) is 1.53.